The molecular weight excluding hydrogens is 510 g/mol. The van der Waals surface area contributed by atoms with Gasteiger partial charge in [-0.1, -0.05) is 48.0 Å². The smallest absolute Gasteiger partial charge is 0.264 e. The Bertz CT molecular complexity index is 1330. The van der Waals surface area contributed by atoms with Gasteiger partial charge in [0.2, 0.25) is 11.8 Å². The molecule has 0 aromatic heterocycles. The number of nitrogens with one attached hydrogen (secondary N) is 1. The Morgan fingerprint density at radius 3 is 2.11 bits per heavy atom. The standard InChI is InChI=1S/C28H32ClN3O4S/c1-5-30-28(34)22(4)31(18-23-11-13-24(29)14-12-23)27(33)19-32(25-16-20(2)15-21(3)17-25)37(35,36)26-9-7-6-8-10-26/h6-17,22H,5,18-19H2,1-4H3,(H,30,34). The lowest BCUT2D eigenvalue weighted by Gasteiger charge is -2.32. The minimum atomic E-state index is -4.08. The summed E-state index contributed by atoms with van der Waals surface area (Å²) in [7, 11) is -4.08. The van der Waals surface area contributed by atoms with Crippen LogP contribution >= 0.6 is 11.6 Å². The molecule has 0 heterocycles. The minimum Gasteiger partial charge on any atom is -0.355 e. The third-order valence-electron chi connectivity index (χ3n) is 5.89. The summed E-state index contributed by atoms with van der Waals surface area (Å²) in [6.07, 6.45) is 0. The zero-order valence-corrected chi connectivity index (χ0v) is 23.0. The lowest BCUT2D eigenvalue weighted by Crippen LogP contribution is -2.51. The molecule has 196 valence electrons. The van der Waals surface area contributed by atoms with E-state index in [9.17, 15) is 18.0 Å². The van der Waals surface area contributed by atoms with Crippen molar-refractivity contribution >= 4 is 39.1 Å². The topological polar surface area (TPSA) is 86.8 Å². The molecule has 1 N–H and O–H groups in total. The van der Waals surface area contributed by atoms with Crippen LogP contribution in [0.2, 0.25) is 5.02 Å². The zero-order chi connectivity index (χ0) is 27.2. The molecule has 0 aliphatic carbocycles. The quantitative estimate of drug-likeness (QED) is 0.403. The first-order valence-corrected chi connectivity index (χ1v) is 13.8. The number of halogens is 1. The number of hydrogen-bond acceptors (Lipinski definition) is 4. The highest BCUT2D eigenvalue weighted by Gasteiger charge is 2.32. The van der Waals surface area contributed by atoms with E-state index in [2.05, 4.69) is 5.32 Å². The van der Waals surface area contributed by atoms with Crippen LogP contribution in [0.1, 0.15) is 30.5 Å². The summed E-state index contributed by atoms with van der Waals surface area (Å²) in [5.41, 5.74) is 2.87. The van der Waals surface area contributed by atoms with Gasteiger partial charge in [0.25, 0.3) is 10.0 Å². The summed E-state index contributed by atoms with van der Waals surface area (Å²) in [6, 6.07) is 19.5. The maximum absolute atomic E-state index is 13.8. The molecule has 37 heavy (non-hydrogen) atoms. The van der Waals surface area contributed by atoms with Crippen LogP contribution in [0.3, 0.4) is 0 Å². The van der Waals surface area contributed by atoms with Crippen molar-refractivity contribution in [2.75, 3.05) is 17.4 Å². The van der Waals surface area contributed by atoms with Gasteiger partial charge in [-0.2, -0.15) is 0 Å². The van der Waals surface area contributed by atoms with Gasteiger partial charge in [0, 0.05) is 18.1 Å². The first kappa shape index (κ1) is 28.2. The van der Waals surface area contributed by atoms with Crippen molar-refractivity contribution in [3.05, 3.63) is 94.5 Å². The molecule has 0 saturated carbocycles. The number of carbonyl (C=O) groups excluding carboxylic acids is 2. The second-order valence-electron chi connectivity index (χ2n) is 8.89. The maximum atomic E-state index is 13.8. The molecule has 3 aromatic carbocycles. The van der Waals surface area contributed by atoms with Crippen molar-refractivity contribution in [3.63, 3.8) is 0 Å². The Kier molecular flexibility index (Phi) is 9.34. The molecule has 0 bridgehead atoms. The van der Waals surface area contributed by atoms with Crippen molar-refractivity contribution in [2.24, 2.45) is 0 Å². The monoisotopic (exact) mass is 541 g/mol. The van der Waals surface area contributed by atoms with Gasteiger partial charge in [-0.3, -0.25) is 13.9 Å². The van der Waals surface area contributed by atoms with E-state index in [1.54, 1.807) is 68.4 Å². The molecule has 0 fully saturated rings. The van der Waals surface area contributed by atoms with E-state index >= 15 is 0 Å². The Labute approximate surface area is 224 Å². The molecule has 0 aliphatic rings. The molecular formula is C28H32ClN3O4S. The molecule has 3 aromatic rings. The molecule has 1 atom stereocenters. The summed E-state index contributed by atoms with van der Waals surface area (Å²) in [4.78, 5) is 28.0. The van der Waals surface area contributed by atoms with Gasteiger partial charge < -0.3 is 10.2 Å². The molecule has 3 rings (SSSR count). The number of sulfonamides is 1. The third kappa shape index (κ3) is 7.11. The van der Waals surface area contributed by atoms with E-state index < -0.39 is 28.5 Å². The average molecular weight is 542 g/mol. The van der Waals surface area contributed by atoms with Crippen molar-refractivity contribution in [1.29, 1.82) is 0 Å². The van der Waals surface area contributed by atoms with Crippen LogP contribution in [-0.4, -0.2) is 44.3 Å². The van der Waals surface area contributed by atoms with E-state index in [0.29, 0.717) is 17.3 Å². The largest absolute Gasteiger partial charge is 0.355 e. The summed E-state index contributed by atoms with van der Waals surface area (Å²) in [6.45, 7) is 7.21. The van der Waals surface area contributed by atoms with Gasteiger partial charge in [0.15, 0.2) is 0 Å². The van der Waals surface area contributed by atoms with Gasteiger partial charge in [-0.05, 0) is 80.8 Å². The van der Waals surface area contributed by atoms with Crippen molar-refractivity contribution in [1.82, 2.24) is 10.2 Å². The lowest BCUT2D eigenvalue weighted by molar-refractivity contribution is -0.139. The van der Waals surface area contributed by atoms with Crippen molar-refractivity contribution < 1.29 is 18.0 Å². The number of aryl methyl sites for hydroxylation is 2. The Morgan fingerprint density at radius 1 is 0.946 bits per heavy atom. The number of rotatable bonds is 10. The molecule has 1 unspecified atom stereocenters. The number of hydrogen-bond donors (Lipinski definition) is 1. The first-order chi connectivity index (χ1) is 17.5. The predicted molar refractivity (Wildman–Crippen MR) is 147 cm³/mol. The summed E-state index contributed by atoms with van der Waals surface area (Å²) in [5.74, 6) is -0.832. The van der Waals surface area contributed by atoms with Crippen molar-refractivity contribution in [2.45, 2.75) is 45.2 Å². The van der Waals surface area contributed by atoms with E-state index in [1.165, 1.54) is 17.0 Å². The summed E-state index contributed by atoms with van der Waals surface area (Å²) >= 11 is 6.02. The Hall–Kier alpha value is -3.36. The van der Waals surface area contributed by atoms with Crippen molar-refractivity contribution in [3.8, 4) is 0 Å². The molecule has 9 heteroatoms. The van der Waals surface area contributed by atoms with Gasteiger partial charge in [0.1, 0.15) is 12.6 Å². The minimum absolute atomic E-state index is 0.0722. The van der Waals surface area contributed by atoms with E-state index in [4.69, 9.17) is 11.6 Å². The number of amides is 2. The highest BCUT2D eigenvalue weighted by atomic mass is 35.5. The normalized spacial score (nSPS) is 12.0. The summed E-state index contributed by atoms with van der Waals surface area (Å²) in [5, 5.41) is 3.30. The Balaban J connectivity index is 2.04. The first-order valence-electron chi connectivity index (χ1n) is 12.0. The number of nitrogens with zero attached hydrogens (tertiary/aromatic N) is 2. The van der Waals surface area contributed by atoms with Crippen LogP contribution in [0.4, 0.5) is 5.69 Å². The number of carbonyl (C=O) groups is 2. The average Bonchev–Trinajstić information content (AvgIpc) is 2.86. The number of likely N-dealkylation sites (N-methyl/N-ethyl adjacent to an activating group) is 1. The highest BCUT2D eigenvalue weighted by molar-refractivity contribution is 7.92. The van der Waals surface area contributed by atoms with Gasteiger partial charge in [-0.15, -0.1) is 0 Å². The number of benzene rings is 3. The molecule has 0 spiro atoms. The third-order valence-corrected chi connectivity index (χ3v) is 7.93. The fourth-order valence-corrected chi connectivity index (χ4v) is 5.58. The second-order valence-corrected chi connectivity index (χ2v) is 11.2. The SMILES string of the molecule is CCNC(=O)C(C)N(Cc1ccc(Cl)cc1)C(=O)CN(c1cc(C)cc(C)c1)S(=O)(=O)c1ccccc1. The van der Waals surface area contributed by atoms with E-state index in [0.717, 1.165) is 21.0 Å². The van der Waals surface area contributed by atoms with Gasteiger partial charge in [-0.25, -0.2) is 8.42 Å². The fourth-order valence-electron chi connectivity index (χ4n) is 4.03. The zero-order valence-electron chi connectivity index (χ0n) is 21.4. The number of anilines is 1. The lowest BCUT2D eigenvalue weighted by atomic mass is 10.1. The molecule has 0 saturated heterocycles. The molecule has 2 amide bonds. The fraction of sp³-hybridized carbons (Fsp3) is 0.286. The van der Waals surface area contributed by atoms with Crippen LogP contribution < -0.4 is 9.62 Å². The van der Waals surface area contributed by atoms with Crippen LogP contribution in [0, 0.1) is 13.8 Å². The van der Waals surface area contributed by atoms with E-state index in [1.807, 2.05) is 19.9 Å². The van der Waals surface area contributed by atoms with Gasteiger partial charge in [0.05, 0.1) is 10.6 Å². The van der Waals surface area contributed by atoms with Crippen LogP contribution in [0.15, 0.2) is 77.7 Å². The molecule has 0 aliphatic heterocycles. The molecule has 0 radical (unpaired) electrons. The van der Waals surface area contributed by atoms with Crippen LogP contribution in [-0.2, 0) is 26.2 Å². The summed E-state index contributed by atoms with van der Waals surface area (Å²) < 4.78 is 28.7. The highest BCUT2D eigenvalue weighted by Crippen LogP contribution is 2.26. The van der Waals surface area contributed by atoms with Crippen LogP contribution in [0.25, 0.3) is 0 Å². The maximum Gasteiger partial charge on any atom is 0.264 e. The Morgan fingerprint density at radius 2 is 1.54 bits per heavy atom. The van der Waals surface area contributed by atoms with Crippen LogP contribution in [0.5, 0.6) is 0 Å². The predicted octanol–water partition coefficient (Wildman–Crippen LogP) is 4.71. The van der Waals surface area contributed by atoms with E-state index in [-0.39, 0.29) is 17.3 Å². The second kappa shape index (κ2) is 12.3. The molecule has 7 nitrogen and oxygen atoms in total. The van der Waals surface area contributed by atoms with Gasteiger partial charge >= 0.3 is 0 Å².